The number of rotatable bonds is 6. The topological polar surface area (TPSA) is 92.4 Å². The van der Waals surface area contributed by atoms with Crippen LogP contribution in [0.25, 0.3) is 0 Å². The smallest absolute Gasteiger partial charge is 0.550 e. The van der Waals surface area contributed by atoms with Crippen molar-refractivity contribution in [3.8, 4) is 5.75 Å². The van der Waals surface area contributed by atoms with E-state index < -0.39 is 5.97 Å². The third-order valence-corrected chi connectivity index (χ3v) is 1.98. The van der Waals surface area contributed by atoms with Crippen molar-refractivity contribution in [2.24, 2.45) is 0 Å². The number of carbonyl (C=O) groups excluding carboxylic acids is 2. The summed E-state index contributed by atoms with van der Waals surface area (Å²) in [4.78, 5) is 20.6. The average Bonchev–Trinajstić information content (AvgIpc) is 2.24. The molecule has 0 amide bonds. The quantitative estimate of drug-likeness (QED) is 0.243. The summed E-state index contributed by atoms with van der Waals surface area (Å²) in [5, 5.41) is 10.1. The Kier molecular flexibility index (Phi) is 7.11. The molecule has 0 bridgehead atoms. The number of carboxylic acid groups (broad SMARTS) is 1. The molecule has 0 spiro atoms. The zero-order valence-electron chi connectivity index (χ0n) is 9.64. The molecule has 0 aliphatic carbocycles. The maximum Gasteiger partial charge on any atom is 1.00 e. The van der Waals surface area contributed by atoms with E-state index in [-0.39, 0.29) is 31.9 Å². The number of nitrogens with two attached hydrogens (primary N) is 1. The summed E-state index contributed by atoms with van der Waals surface area (Å²) >= 11 is 0. The SMILES string of the molecule is Nc1cc(OCCCC(=O)[O-])ccc1C=O.[Li+]. The minimum Gasteiger partial charge on any atom is -0.550 e. The third kappa shape index (κ3) is 5.43. The number of anilines is 1. The second-order valence-electron chi connectivity index (χ2n) is 3.23. The summed E-state index contributed by atoms with van der Waals surface area (Å²) in [6, 6.07) is 4.69. The van der Waals surface area contributed by atoms with Crippen molar-refractivity contribution in [2.75, 3.05) is 12.3 Å². The van der Waals surface area contributed by atoms with Crippen LogP contribution in [0.2, 0.25) is 0 Å². The number of ether oxygens (including phenoxy) is 1. The van der Waals surface area contributed by atoms with Crippen LogP contribution < -0.4 is 34.4 Å². The van der Waals surface area contributed by atoms with E-state index in [1.807, 2.05) is 0 Å². The van der Waals surface area contributed by atoms with Crippen LogP contribution in [-0.4, -0.2) is 18.9 Å². The molecule has 17 heavy (non-hydrogen) atoms. The summed E-state index contributed by atoms with van der Waals surface area (Å²) in [5.41, 5.74) is 6.31. The van der Waals surface area contributed by atoms with Gasteiger partial charge in [-0.1, -0.05) is 0 Å². The van der Waals surface area contributed by atoms with Crippen LogP contribution in [-0.2, 0) is 4.79 Å². The number of hydrogen-bond donors (Lipinski definition) is 1. The fraction of sp³-hybridized carbons (Fsp3) is 0.273. The number of carbonyl (C=O) groups is 2. The van der Waals surface area contributed by atoms with Crippen LogP contribution in [0.1, 0.15) is 23.2 Å². The molecule has 0 fully saturated rings. The van der Waals surface area contributed by atoms with Crippen molar-refractivity contribution in [3.05, 3.63) is 23.8 Å². The number of carboxylic acids is 1. The van der Waals surface area contributed by atoms with Crippen molar-refractivity contribution in [3.63, 3.8) is 0 Å². The Hall–Kier alpha value is -1.44. The fourth-order valence-electron chi connectivity index (χ4n) is 1.16. The van der Waals surface area contributed by atoms with E-state index in [1.165, 1.54) is 6.07 Å². The molecule has 0 heterocycles. The van der Waals surface area contributed by atoms with E-state index in [0.29, 0.717) is 29.7 Å². The second-order valence-corrected chi connectivity index (χ2v) is 3.23. The van der Waals surface area contributed by atoms with Crippen molar-refractivity contribution in [1.29, 1.82) is 0 Å². The molecule has 0 aliphatic heterocycles. The van der Waals surface area contributed by atoms with Crippen LogP contribution in [0, 0.1) is 0 Å². The normalized spacial score (nSPS) is 9.18. The van der Waals surface area contributed by atoms with Gasteiger partial charge in [0.25, 0.3) is 0 Å². The Bertz CT molecular complexity index is 395. The van der Waals surface area contributed by atoms with Crippen molar-refractivity contribution in [1.82, 2.24) is 0 Å². The Morgan fingerprint density at radius 3 is 2.71 bits per heavy atom. The number of nitrogen functional groups attached to an aromatic ring is 1. The summed E-state index contributed by atoms with van der Waals surface area (Å²) in [7, 11) is 0. The van der Waals surface area contributed by atoms with Gasteiger partial charge in [0.1, 0.15) is 5.75 Å². The molecular formula is C11H12LiNO4. The van der Waals surface area contributed by atoms with E-state index >= 15 is 0 Å². The third-order valence-electron chi connectivity index (χ3n) is 1.98. The van der Waals surface area contributed by atoms with E-state index in [0.717, 1.165) is 0 Å². The maximum atomic E-state index is 10.5. The van der Waals surface area contributed by atoms with Gasteiger partial charge in [-0.15, -0.1) is 0 Å². The molecule has 1 aromatic rings. The van der Waals surface area contributed by atoms with Crippen molar-refractivity contribution in [2.45, 2.75) is 12.8 Å². The van der Waals surface area contributed by atoms with Gasteiger partial charge in [-0.05, 0) is 25.0 Å². The van der Waals surface area contributed by atoms with Gasteiger partial charge >= 0.3 is 18.9 Å². The summed E-state index contributed by atoms with van der Waals surface area (Å²) < 4.78 is 5.25. The number of aldehydes is 1. The first-order valence-corrected chi connectivity index (χ1v) is 4.81. The van der Waals surface area contributed by atoms with Crippen LogP contribution in [0.5, 0.6) is 5.75 Å². The molecule has 6 heteroatoms. The minimum absolute atomic E-state index is 0. The molecule has 0 atom stereocenters. The van der Waals surface area contributed by atoms with Gasteiger partial charge in [0.2, 0.25) is 0 Å². The van der Waals surface area contributed by atoms with Crippen LogP contribution in [0.3, 0.4) is 0 Å². The maximum absolute atomic E-state index is 10.5. The standard InChI is InChI=1S/C11H13NO4.Li/c12-10-6-9(4-3-8(10)7-13)16-5-1-2-11(14)15;/h3-4,6-7H,1-2,5,12H2,(H,14,15);/q;+1/p-1. The predicted octanol–water partition coefficient (Wildman–Crippen LogP) is -3.01. The minimum atomic E-state index is -1.10. The Morgan fingerprint density at radius 1 is 1.47 bits per heavy atom. The van der Waals surface area contributed by atoms with Crippen molar-refractivity contribution < 1.29 is 38.3 Å². The van der Waals surface area contributed by atoms with Gasteiger partial charge < -0.3 is 20.4 Å². The molecule has 5 nitrogen and oxygen atoms in total. The summed E-state index contributed by atoms with van der Waals surface area (Å²) in [5.74, 6) is -0.583. The summed E-state index contributed by atoms with van der Waals surface area (Å²) in [6.07, 6.45) is 0.995. The summed E-state index contributed by atoms with van der Waals surface area (Å²) in [6.45, 7) is 0.272. The molecule has 1 rings (SSSR count). The van der Waals surface area contributed by atoms with Gasteiger partial charge in [-0.3, -0.25) is 4.79 Å². The van der Waals surface area contributed by atoms with E-state index in [9.17, 15) is 14.7 Å². The fourth-order valence-corrected chi connectivity index (χ4v) is 1.16. The monoisotopic (exact) mass is 229 g/mol. The Morgan fingerprint density at radius 2 is 2.18 bits per heavy atom. The van der Waals surface area contributed by atoms with E-state index in [4.69, 9.17) is 10.5 Å². The van der Waals surface area contributed by atoms with Crippen LogP contribution in [0.4, 0.5) is 5.69 Å². The van der Waals surface area contributed by atoms with Gasteiger partial charge in [0, 0.05) is 23.3 Å². The Balaban J connectivity index is 0.00000256. The number of benzene rings is 1. The molecule has 0 aromatic heterocycles. The molecule has 0 saturated heterocycles. The van der Waals surface area contributed by atoms with Gasteiger partial charge in [-0.2, -0.15) is 0 Å². The van der Waals surface area contributed by atoms with Gasteiger partial charge in [-0.25, -0.2) is 0 Å². The Labute approximate surface area is 111 Å². The van der Waals surface area contributed by atoms with Gasteiger partial charge in [0.15, 0.2) is 6.29 Å². The zero-order valence-corrected chi connectivity index (χ0v) is 9.64. The first-order chi connectivity index (χ1) is 7.63. The van der Waals surface area contributed by atoms with E-state index in [1.54, 1.807) is 12.1 Å². The average molecular weight is 229 g/mol. The predicted molar refractivity (Wildman–Crippen MR) is 56.0 cm³/mol. The molecule has 0 aliphatic rings. The molecule has 0 unspecified atom stereocenters. The van der Waals surface area contributed by atoms with Crippen molar-refractivity contribution >= 4 is 17.9 Å². The number of aliphatic carboxylic acids is 1. The molecular weight excluding hydrogens is 217 g/mol. The second kappa shape index (κ2) is 7.77. The molecule has 1 aromatic carbocycles. The first kappa shape index (κ1) is 15.6. The van der Waals surface area contributed by atoms with Crippen LogP contribution in [0.15, 0.2) is 18.2 Å². The van der Waals surface area contributed by atoms with E-state index in [2.05, 4.69) is 0 Å². The first-order valence-electron chi connectivity index (χ1n) is 4.81. The van der Waals surface area contributed by atoms with Gasteiger partial charge in [0.05, 0.1) is 6.61 Å². The zero-order chi connectivity index (χ0) is 12.0. The molecule has 0 radical (unpaired) electrons. The molecule has 0 saturated carbocycles. The van der Waals surface area contributed by atoms with Crippen LogP contribution >= 0.6 is 0 Å². The number of hydrogen-bond acceptors (Lipinski definition) is 5. The molecule has 2 N–H and O–H groups in total. The molecule has 86 valence electrons. The largest absolute Gasteiger partial charge is 1.00 e.